The van der Waals surface area contributed by atoms with E-state index < -0.39 is 5.97 Å². The molecule has 0 atom stereocenters. The van der Waals surface area contributed by atoms with Crippen LogP contribution >= 0.6 is 0 Å². The molecule has 0 amide bonds. The van der Waals surface area contributed by atoms with Crippen molar-refractivity contribution in [3.05, 3.63) is 0 Å². The minimum atomic E-state index is -0.653. The highest BCUT2D eigenvalue weighted by Crippen LogP contribution is 2.13. The maximum Gasteiger partial charge on any atom is 0.303 e. The fraction of sp³-hybridized carbons (Fsp3) is 0.920. The summed E-state index contributed by atoms with van der Waals surface area (Å²) in [6, 6.07) is 0. The number of aliphatic carboxylic acids is 1. The van der Waals surface area contributed by atoms with Gasteiger partial charge in [0.15, 0.2) is 5.96 Å². The average Bonchev–Trinajstić information content (AvgIpc) is 2.77. The maximum absolute atomic E-state index is 10.3. The molecule has 206 valence electrons. The van der Waals surface area contributed by atoms with Gasteiger partial charge in [0.05, 0.1) is 19.8 Å². The molecular weight excluding hydrogens is 436 g/mol. The normalized spacial score (nSPS) is 10.3. The Hall–Kier alpha value is -1.42. The van der Waals surface area contributed by atoms with Crippen LogP contribution in [0, 0.1) is 5.41 Å². The van der Waals surface area contributed by atoms with E-state index in [1.807, 2.05) is 0 Å². The van der Waals surface area contributed by atoms with E-state index in [4.69, 9.17) is 25.8 Å². The highest BCUT2D eigenvalue weighted by molar-refractivity contribution is 5.71. The van der Waals surface area contributed by atoms with Crippen LogP contribution in [0.3, 0.4) is 0 Å². The van der Waals surface area contributed by atoms with Gasteiger partial charge >= 0.3 is 5.97 Å². The summed E-state index contributed by atoms with van der Waals surface area (Å²) in [7, 11) is 0. The molecule has 0 aromatic carbocycles. The third-order valence-electron chi connectivity index (χ3n) is 5.24. The zero-order valence-corrected chi connectivity index (χ0v) is 21.9. The van der Waals surface area contributed by atoms with Gasteiger partial charge < -0.3 is 31.9 Å². The molecule has 9 heteroatoms. The zero-order chi connectivity index (χ0) is 26.3. The largest absolute Gasteiger partial charge is 0.481 e. The quantitative estimate of drug-likeness (QED) is 0.0682. The molecule has 0 aromatic heterocycles. The molecular formula is C25H56N4O5. The number of rotatable bonds is 22. The lowest BCUT2D eigenvalue weighted by Crippen LogP contribution is -2.32. The standard InChI is InChI=1S/C18H36O2.C6H15NO3.CH5N3/c1-2-3-4-5-6-7-8-9-10-11-12-13-14-15-16-17-18(19)20;8-4-1-7(2-5-9)3-6-10;2-1(3)4/h2-17H2,1H3,(H,19,20);8-10H,1-6H2;(H5,2,3,4). The number of nitrogens with two attached hydrogens (primary N) is 2. The van der Waals surface area contributed by atoms with E-state index in [-0.39, 0.29) is 25.8 Å². The SMILES string of the molecule is CCCCCCCCCCCCCCCCCC(=O)O.N=C(N)N.OCCN(CCO)CCO. The van der Waals surface area contributed by atoms with E-state index in [9.17, 15) is 4.79 Å². The number of guanidine groups is 1. The minimum Gasteiger partial charge on any atom is -0.481 e. The van der Waals surface area contributed by atoms with Crippen LogP contribution < -0.4 is 11.5 Å². The summed E-state index contributed by atoms with van der Waals surface area (Å²) in [5.74, 6) is -0.986. The van der Waals surface area contributed by atoms with Gasteiger partial charge in [-0.25, -0.2) is 0 Å². The minimum absolute atomic E-state index is 0.0694. The van der Waals surface area contributed by atoms with Gasteiger partial charge in [-0.3, -0.25) is 15.1 Å². The summed E-state index contributed by atoms with van der Waals surface area (Å²) in [5, 5.41) is 40.0. The molecule has 9 nitrogen and oxygen atoms in total. The van der Waals surface area contributed by atoms with Gasteiger partial charge in [-0.1, -0.05) is 96.8 Å². The molecule has 0 aliphatic rings. The number of aliphatic hydroxyl groups is 3. The number of nitrogens with zero attached hydrogens (tertiary/aromatic N) is 1. The number of carboxylic acid groups (broad SMARTS) is 1. The van der Waals surface area contributed by atoms with Crippen LogP contribution in [0.15, 0.2) is 0 Å². The molecule has 0 unspecified atom stereocenters. The van der Waals surface area contributed by atoms with Crippen molar-refractivity contribution in [3.8, 4) is 0 Å². The van der Waals surface area contributed by atoms with Crippen molar-refractivity contribution in [2.45, 2.75) is 110 Å². The van der Waals surface area contributed by atoms with Crippen LogP contribution in [0.5, 0.6) is 0 Å². The van der Waals surface area contributed by atoms with Gasteiger partial charge in [-0.15, -0.1) is 0 Å². The molecule has 0 fully saturated rings. The molecule has 0 saturated carbocycles. The van der Waals surface area contributed by atoms with E-state index >= 15 is 0 Å². The Labute approximate surface area is 208 Å². The van der Waals surface area contributed by atoms with Crippen molar-refractivity contribution in [3.63, 3.8) is 0 Å². The van der Waals surface area contributed by atoms with Crippen molar-refractivity contribution < 1.29 is 25.2 Å². The first-order valence-corrected chi connectivity index (χ1v) is 13.2. The number of carboxylic acids is 1. The van der Waals surface area contributed by atoms with Crippen LogP contribution in [-0.4, -0.2) is 76.7 Å². The lowest BCUT2D eigenvalue weighted by molar-refractivity contribution is -0.137. The van der Waals surface area contributed by atoms with Crippen LogP contribution in [0.2, 0.25) is 0 Å². The molecule has 9 N–H and O–H groups in total. The average molecular weight is 493 g/mol. The molecule has 0 radical (unpaired) electrons. The van der Waals surface area contributed by atoms with Gasteiger partial charge in [-0.05, 0) is 6.42 Å². The third-order valence-corrected chi connectivity index (χ3v) is 5.24. The van der Waals surface area contributed by atoms with Gasteiger partial charge in [0.25, 0.3) is 0 Å². The summed E-state index contributed by atoms with van der Waals surface area (Å²) in [5.41, 5.74) is 8.94. The van der Waals surface area contributed by atoms with Gasteiger partial charge in [0, 0.05) is 26.1 Å². The Morgan fingerprint density at radius 1 is 0.647 bits per heavy atom. The van der Waals surface area contributed by atoms with Crippen molar-refractivity contribution >= 4 is 11.9 Å². The van der Waals surface area contributed by atoms with Crippen molar-refractivity contribution in [2.75, 3.05) is 39.5 Å². The van der Waals surface area contributed by atoms with Crippen LogP contribution in [0.1, 0.15) is 110 Å². The topological polar surface area (TPSA) is 177 Å². The Balaban J connectivity index is -0.000000568. The smallest absolute Gasteiger partial charge is 0.303 e. The second-order valence-electron chi connectivity index (χ2n) is 8.56. The van der Waals surface area contributed by atoms with E-state index in [0.29, 0.717) is 26.1 Å². The van der Waals surface area contributed by atoms with E-state index in [2.05, 4.69) is 18.4 Å². The van der Waals surface area contributed by atoms with Crippen LogP contribution in [-0.2, 0) is 4.79 Å². The summed E-state index contributed by atoms with van der Waals surface area (Å²) in [6.07, 6.45) is 20.2. The zero-order valence-electron chi connectivity index (χ0n) is 21.9. The number of aliphatic hydroxyl groups excluding tert-OH is 3. The van der Waals surface area contributed by atoms with E-state index in [1.165, 1.54) is 83.5 Å². The number of nitrogens with one attached hydrogen (secondary N) is 1. The predicted octanol–water partition coefficient (Wildman–Crippen LogP) is 3.44. The Morgan fingerprint density at radius 3 is 1.15 bits per heavy atom. The third kappa shape index (κ3) is 44.3. The highest BCUT2D eigenvalue weighted by atomic mass is 16.4. The Morgan fingerprint density at radius 2 is 0.912 bits per heavy atom. The maximum atomic E-state index is 10.3. The molecule has 0 spiro atoms. The Bertz CT molecular complexity index is 397. The molecule has 0 aromatic rings. The van der Waals surface area contributed by atoms with Crippen LogP contribution in [0.4, 0.5) is 0 Å². The first-order valence-electron chi connectivity index (χ1n) is 13.2. The highest BCUT2D eigenvalue weighted by Gasteiger charge is 2.00. The number of unbranched alkanes of at least 4 members (excludes halogenated alkanes) is 14. The molecule has 0 aliphatic heterocycles. The van der Waals surface area contributed by atoms with Gasteiger partial charge in [0.2, 0.25) is 0 Å². The second kappa shape index (κ2) is 33.8. The molecule has 0 saturated heterocycles. The van der Waals surface area contributed by atoms with Crippen molar-refractivity contribution in [1.29, 1.82) is 5.41 Å². The fourth-order valence-electron chi connectivity index (χ4n) is 3.41. The lowest BCUT2D eigenvalue weighted by atomic mass is 10.0. The molecule has 0 heterocycles. The van der Waals surface area contributed by atoms with Gasteiger partial charge in [-0.2, -0.15) is 0 Å². The molecule has 34 heavy (non-hydrogen) atoms. The van der Waals surface area contributed by atoms with Gasteiger partial charge in [0.1, 0.15) is 0 Å². The molecule has 0 bridgehead atoms. The van der Waals surface area contributed by atoms with E-state index in [1.54, 1.807) is 4.90 Å². The number of carbonyl (C=O) groups is 1. The van der Waals surface area contributed by atoms with Crippen LogP contribution in [0.25, 0.3) is 0 Å². The second-order valence-corrected chi connectivity index (χ2v) is 8.56. The van der Waals surface area contributed by atoms with Crippen molar-refractivity contribution in [2.24, 2.45) is 11.5 Å². The summed E-state index contributed by atoms with van der Waals surface area (Å²) >= 11 is 0. The summed E-state index contributed by atoms with van der Waals surface area (Å²) in [6.45, 7) is 4.02. The fourth-order valence-corrected chi connectivity index (χ4v) is 3.41. The first kappa shape index (κ1) is 37.1. The monoisotopic (exact) mass is 492 g/mol. The molecule has 0 aliphatic carbocycles. The molecule has 0 rings (SSSR count). The first-order chi connectivity index (χ1) is 16.3. The van der Waals surface area contributed by atoms with E-state index in [0.717, 1.165) is 12.8 Å². The summed E-state index contributed by atoms with van der Waals surface area (Å²) in [4.78, 5) is 12.1. The number of hydrogen-bond donors (Lipinski definition) is 7. The lowest BCUT2D eigenvalue weighted by Gasteiger charge is -2.17. The number of hydrogen-bond acceptors (Lipinski definition) is 6. The van der Waals surface area contributed by atoms with Crippen molar-refractivity contribution in [1.82, 2.24) is 4.90 Å². The predicted molar refractivity (Wildman–Crippen MR) is 141 cm³/mol. The Kier molecular flexibility index (Phi) is 36.9. The summed E-state index contributed by atoms with van der Waals surface area (Å²) < 4.78 is 0.